The number of amides is 2. The minimum Gasteiger partial charge on any atom is -0.490 e. The Labute approximate surface area is 268 Å². The van der Waals surface area contributed by atoms with Gasteiger partial charge in [-0.25, -0.2) is 0 Å². The van der Waals surface area contributed by atoms with E-state index in [4.69, 9.17) is 14.0 Å². The van der Waals surface area contributed by atoms with E-state index in [0.29, 0.717) is 26.2 Å². The Morgan fingerprint density at radius 2 is 1.41 bits per heavy atom. The summed E-state index contributed by atoms with van der Waals surface area (Å²) in [5, 5.41) is 8.40. The first-order valence-corrected chi connectivity index (χ1v) is 15.7. The molecule has 2 aromatic heterocycles. The van der Waals surface area contributed by atoms with Crippen LogP contribution in [-0.2, 0) is 16.6 Å². The lowest BCUT2D eigenvalue weighted by Crippen LogP contribution is -2.41. The molecule has 11 heteroatoms. The number of rotatable bonds is 9. The minimum absolute atomic E-state index is 0.0278. The second kappa shape index (κ2) is 13.8. The Hall–Kier alpha value is -5.19. The summed E-state index contributed by atoms with van der Waals surface area (Å²) in [6.45, 7) is 8.08. The molecule has 0 saturated carbocycles. The predicted molar refractivity (Wildman–Crippen MR) is 172 cm³/mol. The molecule has 4 aromatic rings. The normalized spacial score (nSPS) is 16.1. The van der Waals surface area contributed by atoms with Crippen LogP contribution in [0.3, 0.4) is 0 Å². The van der Waals surface area contributed by atoms with Crippen molar-refractivity contribution in [3.05, 3.63) is 85.4 Å². The van der Waals surface area contributed by atoms with Gasteiger partial charge < -0.3 is 23.8 Å². The Morgan fingerprint density at radius 1 is 0.870 bits per heavy atom. The second-order valence-electron chi connectivity index (χ2n) is 11.6. The van der Waals surface area contributed by atoms with E-state index in [1.165, 1.54) is 6.08 Å². The highest BCUT2D eigenvalue weighted by atomic mass is 16.5. The standard InChI is InChI=1S/C35H39N6O5/c1-4-34(42)39-18-13-30(14-19-39)46-29-11-7-27(8-12-29)33-23-36-41(38(33)3)22-17-35(43)40-20-15-31(16-21-40)45-28-9-5-26(6-10-28)32-24-44-37-25(32)2/h4-12,17,22-24,30-31H,1,13-16,18-21H2,2-3H3/q+1/b22-17+. The molecule has 4 heterocycles. The number of hydrogen-bond donors (Lipinski definition) is 0. The van der Waals surface area contributed by atoms with Gasteiger partial charge in [0.25, 0.3) is 0 Å². The molecule has 2 saturated heterocycles. The van der Waals surface area contributed by atoms with Crippen molar-refractivity contribution in [2.24, 2.45) is 7.05 Å². The number of carbonyl (C=O) groups is 2. The Kier molecular flexibility index (Phi) is 9.28. The van der Waals surface area contributed by atoms with Crippen LogP contribution in [0.15, 0.2) is 84.2 Å². The first-order chi connectivity index (χ1) is 22.4. The van der Waals surface area contributed by atoms with E-state index >= 15 is 0 Å². The van der Waals surface area contributed by atoms with E-state index in [1.54, 1.807) is 34.4 Å². The molecule has 6 rings (SSSR count). The Morgan fingerprint density at radius 3 is 1.93 bits per heavy atom. The number of aromatic nitrogens is 4. The molecule has 238 valence electrons. The van der Waals surface area contributed by atoms with Crippen molar-refractivity contribution in [2.45, 2.75) is 44.8 Å². The predicted octanol–water partition coefficient (Wildman–Crippen LogP) is 4.43. The van der Waals surface area contributed by atoms with Crippen LogP contribution in [0.1, 0.15) is 31.4 Å². The summed E-state index contributed by atoms with van der Waals surface area (Å²) in [7, 11) is 1.91. The smallest absolute Gasteiger partial charge is 0.248 e. The lowest BCUT2D eigenvalue weighted by molar-refractivity contribution is -0.736. The van der Waals surface area contributed by atoms with E-state index in [2.05, 4.69) is 16.8 Å². The number of hydrogen-bond acceptors (Lipinski definition) is 7. The van der Waals surface area contributed by atoms with Crippen LogP contribution in [0.5, 0.6) is 11.5 Å². The summed E-state index contributed by atoms with van der Waals surface area (Å²) >= 11 is 0. The van der Waals surface area contributed by atoms with Crippen LogP contribution in [0, 0.1) is 6.92 Å². The van der Waals surface area contributed by atoms with E-state index in [0.717, 1.165) is 65.3 Å². The SMILES string of the molecule is C=CC(=O)N1CCC(Oc2ccc(-c3cnn(/C=C/C(=O)N4CCC(Oc5ccc(-c6conc6C)cc5)CC4)[n+]3C)cc2)CC1. The quantitative estimate of drug-likeness (QED) is 0.201. The maximum atomic E-state index is 13.0. The topological polar surface area (TPSA) is 107 Å². The third-order valence-corrected chi connectivity index (χ3v) is 8.66. The van der Waals surface area contributed by atoms with Crippen LogP contribution in [0.2, 0.25) is 0 Å². The van der Waals surface area contributed by atoms with Gasteiger partial charge in [-0.15, -0.1) is 0 Å². The lowest BCUT2D eigenvalue weighted by Gasteiger charge is -2.31. The van der Waals surface area contributed by atoms with Gasteiger partial charge in [-0.1, -0.05) is 23.9 Å². The molecule has 2 amide bonds. The third kappa shape index (κ3) is 7.03. The van der Waals surface area contributed by atoms with Crippen molar-refractivity contribution in [2.75, 3.05) is 26.2 Å². The van der Waals surface area contributed by atoms with Crippen LogP contribution < -0.4 is 14.2 Å². The molecule has 2 fully saturated rings. The van der Waals surface area contributed by atoms with Crippen LogP contribution >= 0.6 is 0 Å². The summed E-state index contributed by atoms with van der Waals surface area (Å²) in [5.41, 5.74) is 4.75. The molecule has 0 N–H and O–H groups in total. The maximum Gasteiger partial charge on any atom is 0.248 e. The monoisotopic (exact) mass is 623 g/mol. The van der Waals surface area contributed by atoms with Crippen molar-refractivity contribution >= 4 is 18.0 Å². The fourth-order valence-electron chi connectivity index (χ4n) is 5.91. The molecule has 11 nitrogen and oxygen atoms in total. The number of nitrogens with zero attached hydrogens (tertiary/aromatic N) is 6. The third-order valence-electron chi connectivity index (χ3n) is 8.66. The zero-order chi connectivity index (χ0) is 32.0. The molecule has 0 bridgehead atoms. The fourth-order valence-corrected chi connectivity index (χ4v) is 5.91. The van der Waals surface area contributed by atoms with Gasteiger partial charge in [0.2, 0.25) is 23.7 Å². The average molecular weight is 624 g/mol. The van der Waals surface area contributed by atoms with Crippen molar-refractivity contribution < 1.29 is 28.3 Å². The number of aryl methyl sites for hydroxylation is 1. The lowest BCUT2D eigenvalue weighted by atomic mass is 10.1. The summed E-state index contributed by atoms with van der Waals surface area (Å²) < 4.78 is 19.3. The van der Waals surface area contributed by atoms with E-state index in [-0.39, 0.29) is 24.0 Å². The van der Waals surface area contributed by atoms with Gasteiger partial charge in [0.15, 0.2) is 0 Å². The number of benzene rings is 2. The van der Waals surface area contributed by atoms with Crippen molar-refractivity contribution in [3.8, 4) is 33.9 Å². The highest BCUT2D eigenvalue weighted by Crippen LogP contribution is 2.27. The largest absolute Gasteiger partial charge is 0.490 e. The number of piperidine rings is 2. The highest BCUT2D eigenvalue weighted by Gasteiger charge is 2.25. The molecule has 46 heavy (non-hydrogen) atoms. The second-order valence-corrected chi connectivity index (χ2v) is 11.6. The van der Waals surface area contributed by atoms with Gasteiger partial charge in [0, 0.05) is 74.2 Å². The molecule has 2 aliphatic heterocycles. The molecule has 0 atom stereocenters. The molecule has 2 aliphatic rings. The number of carbonyl (C=O) groups excluding carboxylic acids is 2. The van der Waals surface area contributed by atoms with Crippen LogP contribution in [0.4, 0.5) is 0 Å². The van der Waals surface area contributed by atoms with Crippen LogP contribution in [0.25, 0.3) is 28.6 Å². The number of likely N-dealkylation sites (tertiary alicyclic amines) is 2. The first-order valence-electron chi connectivity index (χ1n) is 15.7. The van der Waals surface area contributed by atoms with Crippen molar-refractivity contribution in [3.63, 3.8) is 0 Å². The number of ether oxygens (including phenoxy) is 2. The first kappa shape index (κ1) is 30.8. The van der Waals surface area contributed by atoms with Crippen molar-refractivity contribution in [1.29, 1.82) is 0 Å². The van der Waals surface area contributed by atoms with Gasteiger partial charge >= 0.3 is 0 Å². The van der Waals surface area contributed by atoms with Gasteiger partial charge in [-0.05, 0) is 59.8 Å². The minimum atomic E-state index is -0.0508. The molecule has 0 unspecified atom stereocenters. The molecule has 2 aromatic carbocycles. The van der Waals surface area contributed by atoms with E-state index in [1.807, 2.05) is 72.1 Å². The Bertz CT molecular complexity index is 1690. The fraction of sp³-hybridized carbons (Fsp3) is 0.343. The summed E-state index contributed by atoms with van der Waals surface area (Å²) in [5.74, 6) is 1.53. The zero-order valence-electron chi connectivity index (χ0n) is 26.2. The van der Waals surface area contributed by atoms with Gasteiger partial charge in [0.1, 0.15) is 37.0 Å². The van der Waals surface area contributed by atoms with Crippen molar-refractivity contribution in [1.82, 2.24) is 24.9 Å². The Balaban J connectivity index is 0.973. The molecule has 0 radical (unpaired) electrons. The summed E-state index contributed by atoms with van der Waals surface area (Å²) in [4.78, 5) is 30.1. The van der Waals surface area contributed by atoms with Crippen LogP contribution in [-0.4, -0.2) is 75.1 Å². The molecule has 0 aliphatic carbocycles. The highest BCUT2D eigenvalue weighted by molar-refractivity contribution is 5.90. The van der Waals surface area contributed by atoms with Gasteiger partial charge in [-0.2, -0.15) is 4.68 Å². The molecular formula is C35H39N6O5+. The van der Waals surface area contributed by atoms with E-state index in [9.17, 15) is 9.59 Å². The summed E-state index contributed by atoms with van der Waals surface area (Å²) in [6, 6.07) is 15.8. The average Bonchev–Trinajstić information content (AvgIpc) is 3.69. The molecule has 0 spiro atoms. The van der Waals surface area contributed by atoms with Gasteiger partial charge in [-0.3, -0.25) is 9.59 Å². The van der Waals surface area contributed by atoms with Gasteiger partial charge in [0.05, 0.1) is 11.9 Å². The molecular weight excluding hydrogens is 584 g/mol. The maximum absolute atomic E-state index is 13.0. The van der Waals surface area contributed by atoms with E-state index < -0.39 is 0 Å². The zero-order valence-corrected chi connectivity index (χ0v) is 26.2. The summed E-state index contributed by atoms with van der Waals surface area (Å²) in [6.07, 6.45) is 11.3.